The molecule has 46 heavy (non-hydrogen) atoms. The summed E-state index contributed by atoms with van der Waals surface area (Å²) < 4.78 is 29.0. The van der Waals surface area contributed by atoms with E-state index in [4.69, 9.17) is 0 Å². The van der Waals surface area contributed by atoms with Crippen LogP contribution in [0.5, 0.6) is 0 Å². The Hall–Kier alpha value is -5.01. The van der Waals surface area contributed by atoms with Crippen molar-refractivity contribution in [1.29, 1.82) is 0 Å². The molecular weight excluding hydrogens is 608 g/mol. The number of sulfonamides is 1. The quantitative estimate of drug-likeness (QED) is 0.159. The molecule has 1 fully saturated rings. The van der Waals surface area contributed by atoms with Crippen LogP contribution in [-0.4, -0.2) is 81.8 Å². The largest absolute Gasteiger partial charge is 0.378 e. The lowest BCUT2D eigenvalue weighted by Gasteiger charge is -2.44. The number of carbonyl (C=O) groups is 2. The maximum Gasteiger partial charge on any atom is 0.293 e. The van der Waals surface area contributed by atoms with Crippen LogP contribution in [0.4, 0.5) is 17.1 Å². The number of piperazine rings is 1. The van der Waals surface area contributed by atoms with Crippen LogP contribution in [0.2, 0.25) is 0 Å². The van der Waals surface area contributed by atoms with Crippen molar-refractivity contribution < 1.29 is 22.9 Å². The second-order valence-corrected chi connectivity index (χ2v) is 13.3. The third kappa shape index (κ3) is 5.86. The summed E-state index contributed by atoms with van der Waals surface area (Å²) in [4.78, 5) is 43.2. The third-order valence-electron chi connectivity index (χ3n) is 8.54. The minimum Gasteiger partial charge on any atom is -0.378 e. The topological polar surface area (TPSA) is 145 Å². The standard InChI is InChI=1S/C33H34N6O6S/c1-36(2)28-11-5-10-26-25(28)9-6-12-31(26)46(44,45)35-17-16-34-27-14-13-23(19-29(27)39(42)43)33(41)37-20-30-24-8-4-3-7-22(24)15-18-38(30)32(40)21-37/h3-14,19,30,34-35H,15-18,20-21H2,1-2H3. The van der Waals surface area contributed by atoms with E-state index in [1.165, 1.54) is 23.1 Å². The van der Waals surface area contributed by atoms with Crippen LogP contribution in [0.1, 0.15) is 27.5 Å². The van der Waals surface area contributed by atoms with Crippen molar-refractivity contribution >= 4 is 49.7 Å². The molecule has 0 spiro atoms. The summed E-state index contributed by atoms with van der Waals surface area (Å²) in [5, 5.41) is 16.3. The van der Waals surface area contributed by atoms with Gasteiger partial charge < -0.3 is 20.0 Å². The van der Waals surface area contributed by atoms with Gasteiger partial charge in [0.15, 0.2) is 0 Å². The first kappa shape index (κ1) is 31.0. The summed E-state index contributed by atoms with van der Waals surface area (Å²) in [6.07, 6.45) is 0.759. The Morgan fingerprint density at radius 1 is 1.00 bits per heavy atom. The molecule has 2 heterocycles. The number of nitrogens with one attached hydrogen (secondary N) is 2. The van der Waals surface area contributed by atoms with Crippen molar-refractivity contribution in [1.82, 2.24) is 14.5 Å². The second-order valence-electron chi connectivity index (χ2n) is 11.6. The van der Waals surface area contributed by atoms with E-state index in [1.54, 1.807) is 29.2 Å². The van der Waals surface area contributed by atoms with Gasteiger partial charge in [-0.3, -0.25) is 19.7 Å². The molecule has 12 nitrogen and oxygen atoms in total. The van der Waals surface area contributed by atoms with E-state index in [0.29, 0.717) is 18.5 Å². The predicted octanol–water partition coefficient (Wildman–Crippen LogP) is 3.79. The van der Waals surface area contributed by atoms with Crippen LogP contribution in [0.25, 0.3) is 10.8 Å². The van der Waals surface area contributed by atoms with E-state index in [1.807, 2.05) is 55.4 Å². The third-order valence-corrected chi connectivity index (χ3v) is 10.1. The first-order valence-corrected chi connectivity index (χ1v) is 16.4. The lowest BCUT2D eigenvalue weighted by Crippen LogP contribution is -2.55. The highest BCUT2D eigenvalue weighted by Crippen LogP contribution is 2.34. The zero-order chi connectivity index (χ0) is 32.6. The number of hydrogen-bond acceptors (Lipinski definition) is 8. The van der Waals surface area contributed by atoms with Crippen molar-refractivity contribution in [2.45, 2.75) is 17.4 Å². The molecule has 0 aliphatic carbocycles. The predicted molar refractivity (Wildman–Crippen MR) is 176 cm³/mol. The van der Waals surface area contributed by atoms with E-state index >= 15 is 0 Å². The summed E-state index contributed by atoms with van der Waals surface area (Å²) >= 11 is 0. The Kier molecular flexibility index (Phi) is 8.36. The molecule has 0 aromatic heterocycles. The van der Waals surface area contributed by atoms with Gasteiger partial charge in [0, 0.05) is 68.4 Å². The molecule has 1 saturated heterocycles. The van der Waals surface area contributed by atoms with Gasteiger partial charge in [-0.1, -0.05) is 48.5 Å². The average molecular weight is 643 g/mol. The SMILES string of the molecule is CN(C)c1cccc2c(S(=O)(=O)NCCNc3ccc(C(=O)N4CC(=O)N5CCc6ccccc6C5C4)cc3[N+](=O)[O-])cccc12. The summed E-state index contributed by atoms with van der Waals surface area (Å²) in [6, 6.07) is 22.3. The molecule has 238 valence electrons. The average Bonchev–Trinajstić information content (AvgIpc) is 3.05. The van der Waals surface area contributed by atoms with Crippen LogP contribution < -0.4 is 14.9 Å². The van der Waals surface area contributed by atoms with Crippen LogP contribution in [0, 0.1) is 10.1 Å². The van der Waals surface area contributed by atoms with Crippen molar-refractivity contribution in [3.05, 3.63) is 106 Å². The van der Waals surface area contributed by atoms with Crippen LogP contribution in [-0.2, 0) is 21.2 Å². The van der Waals surface area contributed by atoms with Gasteiger partial charge >= 0.3 is 0 Å². The fourth-order valence-corrected chi connectivity index (χ4v) is 7.58. The Morgan fingerprint density at radius 2 is 1.76 bits per heavy atom. The van der Waals surface area contributed by atoms with E-state index in [2.05, 4.69) is 10.0 Å². The van der Waals surface area contributed by atoms with E-state index in [0.717, 1.165) is 28.6 Å². The molecule has 4 aromatic rings. The number of fused-ring (bicyclic) bond motifs is 4. The number of nitrogens with zero attached hydrogens (tertiary/aromatic N) is 4. The maximum absolute atomic E-state index is 13.5. The zero-order valence-electron chi connectivity index (χ0n) is 25.5. The van der Waals surface area contributed by atoms with E-state index in [-0.39, 0.29) is 53.4 Å². The molecule has 2 amide bonds. The molecule has 2 aliphatic heterocycles. The van der Waals surface area contributed by atoms with Gasteiger partial charge in [-0.15, -0.1) is 0 Å². The van der Waals surface area contributed by atoms with Crippen molar-refractivity contribution in [3.63, 3.8) is 0 Å². The fourth-order valence-electron chi connectivity index (χ4n) is 6.33. The highest BCUT2D eigenvalue weighted by Gasteiger charge is 2.39. The molecule has 0 bridgehead atoms. The highest BCUT2D eigenvalue weighted by molar-refractivity contribution is 7.89. The first-order chi connectivity index (χ1) is 22.0. The fraction of sp³-hybridized carbons (Fsp3) is 0.273. The van der Waals surface area contributed by atoms with Crippen LogP contribution >= 0.6 is 0 Å². The summed E-state index contributed by atoms with van der Waals surface area (Å²) in [5.41, 5.74) is 2.96. The van der Waals surface area contributed by atoms with E-state index < -0.39 is 20.9 Å². The lowest BCUT2D eigenvalue weighted by atomic mass is 9.90. The molecule has 2 N–H and O–H groups in total. The Labute approximate surface area is 266 Å². The molecule has 2 aliphatic rings. The number of carbonyl (C=O) groups excluding carboxylic acids is 2. The minimum atomic E-state index is -3.90. The number of nitro benzene ring substituents is 1. The van der Waals surface area contributed by atoms with Crippen molar-refractivity contribution in [2.24, 2.45) is 0 Å². The molecule has 4 aromatic carbocycles. The minimum absolute atomic E-state index is 0.0425. The van der Waals surface area contributed by atoms with Gasteiger partial charge in [0.2, 0.25) is 15.9 Å². The van der Waals surface area contributed by atoms with Gasteiger partial charge in [0.05, 0.1) is 15.9 Å². The smallest absolute Gasteiger partial charge is 0.293 e. The number of rotatable bonds is 9. The van der Waals surface area contributed by atoms with Crippen LogP contribution in [0.3, 0.4) is 0 Å². The molecule has 13 heteroatoms. The molecule has 1 unspecified atom stereocenters. The normalized spacial score (nSPS) is 16.1. The lowest BCUT2D eigenvalue weighted by molar-refractivity contribution is -0.384. The van der Waals surface area contributed by atoms with Crippen molar-refractivity contribution in [3.8, 4) is 0 Å². The van der Waals surface area contributed by atoms with Gasteiger partial charge in [-0.25, -0.2) is 13.1 Å². The monoisotopic (exact) mass is 642 g/mol. The second kappa shape index (κ2) is 12.4. The number of amides is 2. The van der Waals surface area contributed by atoms with Gasteiger partial charge in [0.1, 0.15) is 12.2 Å². The first-order valence-electron chi connectivity index (χ1n) is 14.9. The van der Waals surface area contributed by atoms with Gasteiger partial charge in [0.25, 0.3) is 11.6 Å². The number of benzene rings is 4. The molecule has 6 rings (SSSR count). The number of nitro groups is 1. The summed E-state index contributed by atoms with van der Waals surface area (Å²) in [7, 11) is -0.120. The highest BCUT2D eigenvalue weighted by atomic mass is 32.2. The Balaban J connectivity index is 1.14. The summed E-state index contributed by atoms with van der Waals surface area (Å²) in [6.45, 7) is 0.795. The molecule has 0 saturated carbocycles. The molecule has 1 atom stereocenters. The maximum atomic E-state index is 13.5. The summed E-state index contributed by atoms with van der Waals surface area (Å²) in [5.74, 6) is -0.623. The number of anilines is 2. The zero-order valence-corrected chi connectivity index (χ0v) is 26.3. The Morgan fingerprint density at radius 3 is 2.54 bits per heavy atom. The van der Waals surface area contributed by atoms with Gasteiger partial charge in [-0.05, 0) is 41.8 Å². The van der Waals surface area contributed by atoms with E-state index in [9.17, 15) is 28.1 Å². The molecule has 0 radical (unpaired) electrons. The molecular formula is C33H34N6O6S. The number of hydrogen-bond donors (Lipinski definition) is 2. The van der Waals surface area contributed by atoms with Crippen molar-refractivity contribution in [2.75, 3.05) is 57.0 Å². The Bertz CT molecular complexity index is 1960. The van der Waals surface area contributed by atoms with Crippen LogP contribution in [0.15, 0.2) is 83.8 Å². The van der Waals surface area contributed by atoms with Gasteiger partial charge in [-0.2, -0.15) is 0 Å².